The van der Waals surface area contributed by atoms with E-state index in [0.717, 1.165) is 22.7 Å². The Morgan fingerprint density at radius 2 is 0.560 bits per heavy atom. The van der Waals surface area contributed by atoms with Crippen molar-refractivity contribution in [3.8, 4) is 22.3 Å². The zero-order valence-corrected chi connectivity index (χ0v) is 29.9. The number of anilines is 6. The smallest absolute Gasteiger partial charge is 0.0491 e. The summed E-state index contributed by atoms with van der Waals surface area (Å²) in [6.07, 6.45) is 0. The number of hydrogen-bond donors (Lipinski definition) is 0. The van der Waals surface area contributed by atoms with Gasteiger partial charge in [0.1, 0.15) is 0 Å². The maximum atomic E-state index is 2.37. The summed E-state index contributed by atoms with van der Waals surface area (Å²) in [6.45, 7) is 13.0. The molecule has 0 fully saturated rings. The fourth-order valence-corrected chi connectivity index (χ4v) is 6.95. The number of benzene rings is 7. The Kier molecular flexibility index (Phi) is 9.11. The van der Waals surface area contributed by atoms with Crippen LogP contribution in [0.5, 0.6) is 0 Å². The Labute approximate surface area is 297 Å². The molecule has 0 aliphatic carbocycles. The molecule has 0 unspecified atom stereocenters. The highest BCUT2D eigenvalue weighted by atomic mass is 15.1. The molecule has 0 aliphatic heterocycles. The van der Waals surface area contributed by atoms with Gasteiger partial charge in [-0.3, -0.25) is 0 Å². The molecule has 2 heteroatoms. The molecule has 0 atom stereocenters. The molecule has 0 heterocycles. The molecule has 7 rings (SSSR count). The van der Waals surface area contributed by atoms with Gasteiger partial charge in [0.05, 0.1) is 0 Å². The minimum absolute atomic E-state index is 1.16. The maximum absolute atomic E-state index is 2.37. The van der Waals surface area contributed by atoms with E-state index in [1.807, 2.05) is 0 Å². The lowest BCUT2D eigenvalue weighted by atomic mass is 9.97. The predicted molar refractivity (Wildman–Crippen MR) is 215 cm³/mol. The van der Waals surface area contributed by atoms with Crippen LogP contribution in [0.2, 0.25) is 0 Å². The average Bonchev–Trinajstić information content (AvgIpc) is 3.10. The molecular formula is C48H44N2. The minimum Gasteiger partial charge on any atom is -0.310 e. The highest BCUT2D eigenvalue weighted by molar-refractivity contribution is 5.83. The third-order valence-corrected chi connectivity index (χ3v) is 9.47. The monoisotopic (exact) mass is 648 g/mol. The molecule has 0 N–H and O–H groups in total. The van der Waals surface area contributed by atoms with Crippen molar-refractivity contribution in [2.75, 3.05) is 9.80 Å². The average molecular weight is 649 g/mol. The molecule has 0 radical (unpaired) electrons. The van der Waals surface area contributed by atoms with Crippen LogP contribution in [0.1, 0.15) is 33.4 Å². The Balaban J connectivity index is 1.18. The van der Waals surface area contributed by atoms with E-state index in [1.165, 1.54) is 67.0 Å². The minimum atomic E-state index is 1.16. The van der Waals surface area contributed by atoms with Crippen LogP contribution < -0.4 is 9.80 Å². The molecule has 0 aliphatic rings. The van der Waals surface area contributed by atoms with Crippen molar-refractivity contribution in [2.24, 2.45) is 0 Å². The van der Waals surface area contributed by atoms with Crippen molar-refractivity contribution >= 4 is 34.1 Å². The highest BCUT2D eigenvalue weighted by Crippen LogP contribution is 2.40. The van der Waals surface area contributed by atoms with Gasteiger partial charge >= 0.3 is 0 Å². The third-order valence-electron chi connectivity index (χ3n) is 9.47. The Bertz CT molecular complexity index is 2040. The number of hydrogen-bond acceptors (Lipinski definition) is 2. The lowest BCUT2D eigenvalue weighted by molar-refractivity contribution is 1.23. The molecule has 246 valence electrons. The molecule has 0 amide bonds. The van der Waals surface area contributed by atoms with Crippen LogP contribution in [0, 0.1) is 41.5 Å². The summed E-state index contributed by atoms with van der Waals surface area (Å²) in [5.74, 6) is 0. The van der Waals surface area contributed by atoms with E-state index < -0.39 is 0 Å². The van der Waals surface area contributed by atoms with Gasteiger partial charge in [0.2, 0.25) is 0 Å². The molecule has 0 aromatic heterocycles. The Morgan fingerprint density at radius 3 is 0.820 bits per heavy atom. The molecular weight excluding hydrogens is 605 g/mol. The zero-order valence-electron chi connectivity index (χ0n) is 29.9. The Hall–Kier alpha value is -5.86. The normalized spacial score (nSPS) is 11.0. The maximum Gasteiger partial charge on any atom is 0.0491 e. The molecule has 0 saturated heterocycles. The quantitative estimate of drug-likeness (QED) is 0.162. The van der Waals surface area contributed by atoms with Gasteiger partial charge < -0.3 is 9.80 Å². The van der Waals surface area contributed by atoms with Gasteiger partial charge in [-0.05, 0) is 170 Å². The van der Waals surface area contributed by atoms with E-state index >= 15 is 0 Å². The van der Waals surface area contributed by atoms with Crippen molar-refractivity contribution in [1.29, 1.82) is 0 Å². The molecule has 7 aromatic carbocycles. The lowest BCUT2D eigenvalue weighted by Crippen LogP contribution is -2.11. The van der Waals surface area contributed by atoms with Crippen LogP contribution in [0.25, 0.3) is 22.3 Å². The van der Waals surface area contributed by atoms with Crippen LogP contribution >= 0.6 is 0 Å². The van der Waals surface area contributed by atoms with E-state index in [1.54, 1.807) is 0 Å². The molecule has 0 bridgehead atoms. The van der Waals surface area contributed by atoms with Crippen molar-refractivity contribution in [1.82, 2.24) is 0 Å². The third kappa shape index (κ3) is 6.84. The van der Waals surface area contributed by atoms with Gasteiger partial charge in [-0.2, -0.15) is 0 Å². The van der Waals surface area contributed by atoms with E-state index in [9.17, 15) is 0 Å². The van der Waals surface area contributed by atoms with E-state index in [-0.39, 0.29) is 0 Å². The van der Waals surface area contributed by atoms with E-state index in [2.05, 4.69) is 209 Å². The summed E-state index contributed by atoms with van der Waals surface area (Å²) in [4.78, 5) is 4.74. The molecule has 7 aromatic rings. The summed E-state index contributed by atoms with van der Waals surface area (Å²) >= 11 is 0. The molecule has 0 spiro atoms. The van der Waals surface area contributed by atoms with Crippen molar-refractivity contribution in [2.45, 2.75) is 41.5 Å². The topological polar surface area (TPSA) is 6.48 Å². The molecule has 50 heavy (non-hydrogen) atoms. The van der Waals surface area contributed by atoms with Gasteiger partial charge in [0, 0.05) is 34.1 Å². The van der Waals surface area contributed by atoms with Crippen LogP contribution in [0.4, 0.5) is 34.1 Å². The summed E-state index contributed by atoms with van der Waals surface area (Å²) < 4.78 is 0. The van der Waals surface area contributed by atoms with Crippen molar-refractivity contribution in [3.05, 3.63) is 191 Å². The number of aryl methyl sites for hydroxylation is 6. The van der Waals surface area contributed by atoms with Crippen LogP contribution in [-0.4, -0.2) is 0 Å². The van der Waals surface area contributed by atoms with Crippen LogP contribution in [-0.2, 0) is 0 Å². The molecule has 0 saturated carbocycles. The summed E-state index contributed by atoms with van der Waals surface area (Å²) in [5, 5.41) is 0. The Morgan fingerprint density at radius 1 is 0.280 bits per heavy atom. The zero-order chi connectivity index (χ0) is 34.8. The van der Waals surface area contributed by atoms with Crippen molar-refractivity contribution in [3.63, 3.8) is 0 Å². The largest absolute Gasteiger partial charge is 0.310 e. The summed E-state index contributed by atoms with van der Waals surface area (Å²) in [7, 11) is 0. The highest BCUT2D eigenvalue weighted by Gasteiger charge is 2.17. The van der Waals surface area contributed by atoms with Gasteiger partial charge in [-0.1, -0.05) is 84.9 Å². The van der Waals surface area contributed by atoms with Crippen LogP contribution in [0.15, 0.2) is 158 Å². The summed E-state index contributed by atoms with van der Waals surface area (Å²) in [5.41, 5.74) is 19.3. The van der Waals surface area contributed by atoms with Crippen molar-refractivity contribution < 1.29 is 0 Å². The second-order valence-corrected chi connectivity index (χ2v) is 13.6. The number of nitrogens with zero attached hydrogens (tertiary/aromatic N) is 2. The molecule has 2 nitrogen and oxygen atoms in total. The van der Waals surface area contributed by atoms with E-state index in [0.29, 0.717) is 0 Å². The standard InChI is InChI=1S/C48H44N2/c1-33-11-7-15-43(27-33)49(44-16-8-12-34(2)28-44)47-25-23-41(31-37(47)5)39-19-21-40(22-20-39)42-24-26-48(38(6)32-42)50(45-17-9-13-35(3)29-45)46-18-10-14-36(4)30-46/h7-32H,1-6H3. The van der Waals surface area contributed by atoms with E-state index in [4.69, 9.17) is 0 Å². The van der Waals surface area contributed by atoms with Crippen LogP contribution in [0.3, 0.4) is 0 Å². The fourth-order valence-electron chi connectivity index (χ4n) is 6.95. The first kappa shape index (κ1) is 32.7. The van der Waals surface area contributed by atoms with Gasteiger partial charge in [0.15, 0.2) is 0 Å². The fraction of sp³-hybridized carbons (Fsp3) is 0.125. The van der Waals surface area contributed by atoms with Gasteiger partial charge in [-0.15, -0.1) is 0 Å². The first-order valence-corrected chi connectivity index (χ1v) is 17.4. The second kappa shape index (κ2) is 13.9. The first-order valence-electron chi connectivity index (χ1n) is 17.4. The predicted octanol–water partition coefficient (Wildman–Crippen LogP) is 13.8. The summed E-state index contributed by atoms with van der Waals surface area (Å²) in [6, 6.07) is 57.6. The SMILES string of the molecule is Cc1cccc(N(c2cccc(C)c2)c2ccc(-c3ccc(-c4ccc(N(c5cccc(C)c5)c5cccc(C)c5)c(C)c4)cc3)cc2C)c1. The number of rotatable bonds is 8. The van der Waals surface area contributed by atoms with Gasteiger partial charge in [0.25, 0.3) is 0 Å². The van der Waals surface area contributed by atoms with Gasteiger partial charge in [-0.25, -0.2) is 0 Å². The second-order valence-electron chi connectivity index (χ2n) is 13.6. The lowest BCUT2D eigenvalue weighted by Gasteiger charge is -2.28. The first-order chi connectivity index (χ1) is 24.2.